The van der Waals surface area contributed by atoms with Crippen LogP contribution in [0.25, 0.3) is 17.4 Å². The highest BCUT2D eigenvalue weighted by atomic mass is 32.2. The molecule has 1 amide bonds. The lowest BCUT2D eigenvalue weighted by molar-refractivity contribution is -0.384. The molecular weight excluding hydrogens is 470 g/mol. The van der Waals surface area contributed by atoms with E-state index in [4.69, 9.17) is 4.42 Å². The number of benzene rings is 2. The third-order valence-electron chi connectivity index (χ3n) is 5.03. The van der Waals surface area contributed by atoms with Gasteiger partial charge in [-0.3, -0.25) is 19.8 Å². The largest absolute Gasteiger partial charge is 0.478 e. The van der Waals surface area contributed by atoms with E-state index < -0.39 is 10.9 Å². The van der Waals surface area contributed by atoms with Crippen LogP contribution in [0, 0.1) is 17.0 Å². The number of carboxylic acids is 1. The lowest BCUT2D eigenvalue weighted by Crippen LogP contribution is -2.29. The molecule has 0 radical (unpaired) electrons. The summed E-state index contributed by atoms with van der Waals surface area (Å²) in [5.74, 6) is -0.741. The number of carboxylic acid groups (broad SMARTS) is 1. The molecule has 1 fully saturated rings. The number of aryl methyl sites for hydroxylation is 1. The number of nitrogens with zero attached hydrogens (tertiary/aromatic N) is 3. The molecule has 0 bridgehead atoms. The van der Waals surface area contributed by atoms with Crippen LogP contribution in [0.15, 0.2) is 81.6 Å². The summed E-state index contributed by atoms with van der Waals surface area (Å²) in [5, 5.41) is 21.0. The summed E-state index contributed by atoms with van der Waals surface area (Å²) in [7, 11) is 0. The second-order valence-corrected chi connectivity index (χ2v) is 8.55. The third-order valence-corrected chi connectivity index (χ3v) is 6.04. The van der Waals surface area contributed by atoms with Crippen molar-refractivity contribution in [3.8, 4) is 11.3 Å². The molecule has 1 aliphatic rings. The Kier molecular flexibility index (Phi) is 6.65. The van der Waals surface area contributed by atoms with Crippen molar-refractivity contribution in [2.75, 3.05) is 6.54 Å². The maximum atomic E-state index is 13.0. The molecular formula is C25H19N3O6S. The van der Waals surface area contributed by atoms with Crippen molar-refractivity contribution in [3.63, 3.8) is 0 Å². The number of amidine groups is 1. The van der Waals surface area contributed by atoms with Gasteiger partial charge in [0, 0.05) is 18.7 Å². The number of furan rings is 1. The first-order valence-corrected chi connectivity index (χ1v) is 11.2. The van der Waals surface area contributed by atoms with Gasteiger partial charge in [-0.25, -0.2) is 9.79 Å². The number of carbonyl (C=O) groups excluding carboxylic acids is 1. The zero-order valence-electron chi connectivity index (χ0n) is 18.5. The Labute approximate surface area is 204 Å². The zero-order valence-corrected chi connectivity index (χ0v) is 19.3. The van der Waals surface area contributed by atoms with Gasteiger partial charge in [-0.15, -0.1) is 6.58 Å². The predicted molar refractivity (Wildman–Crippen MR) is 134 cm³/mol. The van der Waals surface area contributed by atoms with Crippen LogP contribution in [0.2, 0.25) is 0 Å². The van der Waals surface area contributed by atoms with Crippen LogP contribution in [-0.2, 0) is 4.79 Å². The highest BCUT2D eigenvalue weighted by Gasteiger charge is 2.33. The molecule has 1 N–H and O–H groups in total. The van der Waals surface area contributed by atoms with Gasteiger partial charge in [0.05, 0.1) is 26.6 Å². The second-order valence-electron chi connectivity index (χ2n) is 7.54. The molecule has 1 saturated heterocycles. The van der Waals surface area contributed by atoms with Gasteiger partial charge >= 0.3 is 5.97 Å². The third kappa shape index (κ3) is 5.07. The van der Waals surface area contributed by atoms with E-state index in [9.17, 15) is 24.8 Å². The van der Waals surface area contributed by atoms with E-state index in [1.165, 1.54) is 23.1 Å². The Morgan fingerprint density at radius 3 is 2.77 bits per heavy atom. The average Bonchev–Trinajstić information content (AvgIpc) is 3.40. The van der Waals surface area contributed by atoms with E-state index in [-0.39, 0.29) is 23.7 Å². The smallest absolute Gasteiger partial charge is 0.335 e. The number of carbonyl (C=O) groups is 2. The summed E-state index contributed by atoms with van der Waals surface area (Å²) in [5.41, 5.74) is 1.50. The molecule has 2 aromatic carbocycles. The summed E-state index contributed by atoms with van der Waals surface area (Å²) in [6.07, 6.45) is 3.11. The lowest BCUT2D eigenvalue weighted by Gasteiger charge is -2.12. The van der Waals surface area contributed by atoms with Crippen molar-refractivity contribution in [1.82, 2.24) is 4.90 Å². The quantitative estimate of drug-likeness (QED) is 0.197. The molecule has 2 heterocycles. The van der Waals surface area contributed by atoms with E-state index in [2.05, 4.69) is 11.6 Å². The predicted octanol–water partition coefficient (Wildman–Crippen LogP) is 5.65. The van der Waals surface area contributed by atoms with E-state index in [1.807, 2.05) is 0 Å². The maximum Gasteiger partial charge on any atom is 0.335 e. The fraction of sp³-hybridized carbons (Fsp3) is 0.0800. The van der Waals surface area contributed by atoms with E-state index in [0.29, 0.717) is 32.8 Å². The number of nitro groups is 1. The Balaban J connectivity index is 1.66. The number of amides is 1. The number of nitro benzene ring substituents is 1. The summed E-state index contributed by atoms with van der Waals surface area (Å²) in [6, 6.07) is 14.2. The lowest BCUT2D eigenvalue weighted by atomic mass is 10.1. The van der Waals surface area contributed by atoms with Gasteiger partial charge in [-0.2, -0.15) is 0 Å². The minimum absolute atomic E-state index is 0.0694. The normalized spacial score (nSPS) is 15.7. The standard InChI is InChI=1S/C25H19N3O6S/c1-3-11-27-23(29)22(35-25(27)26-17-6-4-5-16(13-17)24(30)31)14-18-8-10-21(34-18)19-9-7-15(2)12-20(19)28(32)33/h3-10,12-14H,1,11H2,2H3,(H,30,31)/b22-14+,26-25?. The zero-order chi connectivity index (χ0) is 25.1. The molecule has 0 spiro atoms. The van der Waals surface area contributed by atoms with Crippen LogP contribution in [0.3, 0.4) is 0 Å². The first-order valence-electron chi connectivity index (χ1n) is 10.4. The average molecular weight is 490 g/mol. The van der Waals surface area contributed by atoms with Crippen molar-refractivity contribution < 1.29 is 24.0 Å². The molecule has 9 nitrogen and oxygen atoms in total. The molecule has 10 heteroatoms. The number of hydrogen-bond acceptors (Lipinski definition) is 7. The van der Waals surface area contributed by atoms with Crippen LogP contribution in [-0.4, -0.2) is 38.5 Å². The van der Waals surface area contributed by atoms with Crippen LogP contribution in [0.4, 0.5) is 11.4 Å². The summed E-state index contributed by atoms with van der Waals surface area (Å²) in [4.78, 5) is 41.5. The Hall–Kier alpha value is -4.44. The van der Waals surface area contributed by atoms with E-state index in [0.717, 1.165) is 17.3 Å². The minimum Gasteiger partial charge on any atom is -0.478 e. The van der Waals surface area contributed by atoms with Crippen molar-refractivity contribution in [1.29, 1.82) is 0 Å². The first kappa shape index (κ1) is 23.7. The van der Waals surface area contributed by atoms with Crippen LogP contribution < -0.4 is 0 Å². The molecule has 35 heavy (non-hydrogen) atoms. The summed E-state index contributed by atoms with van der Waals surface area (Å²) in [6.45, 7) is 5.66. The van der Waals surface area contributed by atoms with Gasteiger partial charge < -0.3 is 9.52 Å². The van der Waals surface area contributed by atoms with Crippen LogP contribution >= 0.6 is 11.8 Å². The molecule has 0 aliphatic carbocycles. The van der Waals surface area contributed by atoms with Crippen LogP contribution in [0.5, 0.6) is 0 Å². The van der Waals surface area contributed by atoms with Crippen molar-refractivity contribution in [3.05, 3.63) is 99.2 Å². The topological polar surface area (TPSA) is 126 Å². The number of hydrogen-bond donors (Lipinski definition) is 1. The number of rotatable bonds is 7. The minimum atomic E-state index is -1.08. The van der Waals surface area contributed by atoms with Gasteiger partial charge in [0.15, 0.2) is 5.17 Å². The van der Waals surface area contributed by atoms with Gasteiger partial charge in [0.25, 0.3) is 11.6 Å². The molecule has 3 aromatic rings. The SMILES string of the molecule is C=CCN1C(=O)/C(=C\c2ccc(-c3ccc(C)cc3[N+](=O)[O-])o2)SC1=Nc1cccc(C(=O)O)c1. The van der Waals surface area contributed by atoms with Gasteiger partial charge in [0.1, 0.15) is 11.5 Å². The Morgan fingerprint density at radius 1 is 1.26 bits per heavy atom. The second kappa shape index (κ2) is 9.82. The van der Waals surface area contributed by atoms with Crippen LogP contribution in [0.1, 0.15) is 21.7 Å². The van der Waals surface area contributed by atoms with Crippen molar-refractivity contribution in [2.24, 2.45) is 4.99 Å². The maximum absolute atomic E-state index is 13.0. The number of aromatic carboxylic acids is 1. The Morgan fingerprint density at radius 2 is 2.06 bits per heavy atom. The molecule has 4 rings (SSSR count). The molecule has 0 unspecified atom stereocenters. The van der Waals surface area contributed by atoms with Gasteiger partial charge in [-0.1, -0.05) is 18.2 Å². The molecule has 176 valence electrons. The van der Waals surface area contributed by atoms with E-state index >= 15 is 0 Å². The summed E-state index contributed by atoms with van der Waals surface area (Å²) < 4.78 is 5.81. The highest BCUT2D eigenvalue weighted by molar-refractivity contribution is 8.18. The first-order chi connectivity index (χ1) is 16.8. The number of thioether (sulfide) groups is 1. The molecule has 1 aromatic heterocycles. The molecule has 1 aliphatic heterocycles. The molecule has 0 saturated carbocycles. The van der Waals surface area contributed by atoms with Crippen molar-refractivity contribution >= 4 is 46.3 Å². The highest BCUT2D eigenvalue weighted by Crippen LogP contribution is 2.36. The fourth-order valence-corrected chi connectivity index (χ4v) is 4.39. The van der Waals surface area contributed by atoms with E-state index in [1.54, 1.807) is 55.5 Å². The Bertz CT molecular complexity index is 1420. The van der Waals surface area contributed by atoms with Gasteiger partial charge in [0.2, 0.25) is 0 Å². The monoisotopic (exact) mass is 489 g/mol. The fourth-order valence-electron chi connectivity index (χ4n) is 3.41. The van der Waals surface area contributed by atoms with Crippen molar-refractivity contribution in [2.45, 2.75) is 6.92 Å². The number of aliphatic imine (C=N–C) groups is 1. The molecule has 0 atom stereocenters. The summed E-state index contributed by atoms with van der Waals surface area (Å²) >= 11 is 1.11. The van der Waals surface area contributed by atoms with Gasteiger partial charge in [-0.05, 0) is 60.6 Å².